The number of hydrogen-bond acceptors (Lipinski definition) is 3. The molecule has 1 aromatic carbocycles. The summed E-state index contributed by atoms with van der Waals surface area (Å²) < 4.78 is 0. The lowest BCUT2D eigenvalue weighted by molar-refractivity contribution is -0.384. The fraction of sp³-hybridized carbons (Fsp3) is 0.438. The van der Waals surface area contributed by atoms with Gasteiger partial charge in [0.15, 0.2) is 0 Å². The van der Waals surface area contributed by atoms with E-state index in [2.05, 4.69) is 13.8 Å². The minimum Gasteiger partial charge on any atom is -0.339 e. The monoisotopic (exact) mass is 288 g/mol. The van der Waals surface area contributed by atoms with Gasteiger partial charge in [-0.2, -0.15) is 0 Å². The summed E-state index contributed by atoms with van der Waals surface area (Å²) in [6.07, 6.45) is 4.41. The van der Waals surface area contributed by atoms with Crippen LogP contribution in [0.4, 0.5) is 5.69 Å². The number of piperidine rings is 1. The van der Waals surface area contributed by atoms with Gasteiger partial charge in [-0.25, -0.2) is 0 Å². The first-order valence-electron chi connectivity index (χ1n) is 7.17. The molecule has 2 atom stereocenters. The van der Waals surface area contributed by atoms with Crippen molar-refractivity contribution in [3.8, 4) is 0 Å². The zero-order chi connectivity index (χ0) is 15.4. The van der Waals surface area contributed by atoms with Crippen LogP contribution in [0.5, 0.6) is 0 Å². The van der Waals surface area contributed by atoms with E-state index in [1.165, 1.54) is 12.1 Å². The third-order valence-electron chi connectivity index (χ3n) is 3.70. The third kappa shape index (κ3) is 4.15. The topological polar surface area (TPSA) is 63.5 Å². The van der Waals surface area contributed by atoms with Crippen LogP contribution in [0.25, 0.3) is 6.08 Å². The molecular weight excluding hydrogens is 268 g/mol. The molecule has 0 spiro atoms. The average Bonchev–Trinajstić information content (AvgIpc) is 2.44. The average molecular weight is 288 g/mol. The first kappa shape index (κ1) is 15.2. The van der Waals surface area contributed by atoms with Gasteiger partial charge in [-0.1, -0.05) is 13.8 Å². The van der Waals surface area contributed by atoms with E-state index in [4.69, 9.17) is 0 Å². The number of nitro benzene ring substituents is 1. The SMILES string of the molecule is C[C@H]1C[C@H](C)CN(C(=O)/C=C/c2ccc([N+](=O)[O-])cc2)C1. The maximum absolute atomic E-state index is 12.2. The van der Waals surface area contributed by atoms with Gasteiger partial charge < -0.3 is 4.90 Å². The molecule has 0 saturated carbocycles. The minimum atomic E-state index is -0.435. The summed E-state index contributed by atoms with van der Waals surface area (Å²) in [4.78, 5) is 24.2. The van der Waals surface area contributed by atoms with Crippen molar-refractivity contribution in [3.05, 3.63) is 46.0 Å². The van der Waals surface area contributed by atoms with Gasteiger partial charge in [-0.15, -0.1) is 0 Å². The zero-order valence-corrected chi connectivity index (χ0v) is 12.4. The Kier molecular flexibility index (Phi) is 4.73. The van der Waals surface area contributed by atoms with E-state index in [9.17, 15) is 14.9 Å². The van der Waals surface area contributed by atoms with E-state index < -0.39 is 4.92 Å². The quantitative estimate of drug-likeness (QED) is 0.487. The number of nitrogens with zero attached hydrogens (tertiary/aromatic N) is 2. The molecule has 5 nitrogen and oxygen atoms in total. The van der Waals surface area contributed by atoms with Crippen LogP contribution in [0.1, 0.15) is 25.8 Å². The van der Waals surface area contributed by atoms with Crippen molar-refractivity contribution in [1.29, 1.82) is 0 Å². The third-order valence-corrected chi connectivity index (χ3v) is 3.70. The molecule has 21 heavy (non-hydrogen) atoms. The molecular formula is C16H20N2O3. The predicted octanol–water partition coefficient (Wildman–Crippen LogP) is 3.11. The highest BCUT2D eigenvalue weighted by atomic mass is 16.6. The molecule has 0 aromatic heterocycles. The Morgan fingerprint density at radius 1 is 1.24 bits per heavy atom. The highest BCUT2D eigenvalue weighted by Crippen LogP contribution is 2.21. The number of carbonyl (C=O) groups is 1. The molecule has 1 aliphatic heterocycles. The number of rotatable bonds is 3. The van der Waals surface area contributed by atoms with Gasteiger partial charge >= 0.3 is 0 Å². The van der Waals surface area contributed by atoms with Crippen molar-refractivity contribution in [2.24, 2.45) is 11.8 Å². The van der Waals surface area contributed by atoms with E-state index in [1.807, 2.05) is 4.90 Å². The molecule has 1 saturated heterocycles. The van der Waals surface area contributed by atoms with Crippen molar-refractivity contribution in [2.45, 2.75) is 20.3 Å². The lowest BCUT2D eigenvalue weighted by Gasteiger charge is -2.34. The fourth-order valence-electron chi connectivity index (χ4n) is 2.82. The van der Waals surface area contributed by atoms with Gasteiger partial charge in [0.2, 0.25) is 5.91 Å². The largest absolute Gasteiger partial charge is 0.339 e. The predicted molar refractivity (Wildman–Crippen MR) is 81.7 cm³/mol. The Morgan fingerprint density at radius 2 is 1.81 bits per heavy atom. The first-order valence-corrected chi connectivity index (χ1v) is 7.17. The minimum absolute atomic E-state index is 0.00625. The number of carbonyl (C=O) groups excluding carboxylic acids is 1. The number of hydrogen-bond donors (Lipinski definition) is 0. The summed E-state index contributed by atoms with van der Waals surface area (Å²) in [7, 11) is 0. The van der Waals surface area contributed by atoms with Crippen LogP contribution in [-0.2, 0) is 4.79 Å². The van der Waals surface area contributed by atoms with Gasteiger partial charge in [0.1, 0.15) is 0 Å². The van der Waals surface area contributed by atoms with Crippen LogP contribution in [-0.4, -0.2) is 28.8 Å². The standard InChI is InChI=1S/C16H20N2O3/c1-12-9-13(2)11-17(10-12)16(19)8-5-14-3-6-15(7-4-14)18(20)21/h3-8,12-13H,9-11H2,1-2H3/b8-5+/t12-,13-/m0/s1. The zero-order valence-electron chi connectivity index (χ0n) is 12.4. The molecule has 0 unspecified atom stereocenters. The Balaban J connectivity index is 1.99. The van der Waals surface area contributed by atoms with E-state index in [1.54, 1.807) is 24.3 Å². The van der Waals surface area contributed by atoms with Crippen molar-refractivity contribution < 1.29 is 9.72 Å². The maximum Gasteiger partial charge on any atom is 0.269 e. The van der Waals surface area contributed by atoms with Crippen molar-refractivity contribution in [1.82, 2.24) is 4.90 Å². The molecule has 0 aliphatic carbocycles. The molecule has 1 amide bonds. The lowest BCUT2D eigenvalue weighted by atomic mass is 9.92. The van der Waals surface area contributed by atoms with E-state index in [0.717, 1.165) is 25.1 Å². The van der Waals surface area contributed by atoms with Crippen molar-refractivity contribution >= 4 is 17.7 Å². The summed E-state index contributed by atoms with van der Waals surface area (Å²) in [6, 6.07) is 6.16. The summed E-state index contributed by atoms with van der Waals surface area (Å²) >= 11 is 0. The Hall–Kier alpha value is -2.17. The van der Waals surface area contributed by atoms with Gasteiger partial charge in [-0.3, -0.25) is 14.9 Å². The molecule has 5 heteroatoms. The lowest BCUT2D eigenvalue weighted by Crippen LogP contribution is -2.41. The first-order chi connectivity index (χ1) is 9.95. The summed E-state index contributed by atoms with van der Waals surface area (Å²) in [5, 5.41) is 10.6. The second-order valence-electron chi connectivity index (χ2n) is 5.87. The van der Waals surface area contributed by atoms with Gasteiger partial charge in [-0.05, 0) is 42.0 Å². The molecule has 1 aromatic rings. The number of amides is 1. The highest BCUT2D eigenvalue weighted by Gasteiger charge is 2.23. The molecule has 2 rings (SSSR count). The van der Waals surface area contributed by atoms with Crippen LogP contribution in [0.15, 0.2) is 30.3 Å². The van der Waals surface area contributed by atoms with Crippen molar-refractivity contribution in [3.63, 3.8) is 0 Å². The van der Waals surface area contributed by atoms with Crippen LogP contribution in [0.2, 0.25) is 0 Å². The molecule has 0 N–H and O–H groups in total. The molecule has 1 heterocycles. The number of non-ortho nitro benzene ring substituents is 1. The maximum atomic E-state index is 12.2. The number of benzene rings is 1. The Morgan fingerprint density at radius 3 is 2.33 bits per heavy atom. The van der Waals surface area contributed by atoms with Crippen molar-refractivity contribution in [2.75, 3.05) is 13.1 Å². The summed E-state index contributed by atoms with van der Waals surface area (Å²) in [6.45, 7) is 5.92. The van der Waals surface area contributed by atoms with Crippen LogP contribution < -0.4 is 0 Å². The summed E-state index contributed by atoms with van der Waals surface area (Å²) in [5.74, 6) is 1.07. The van der Waals surface area contributed by atoms with Gasteiger partial charge in [0, 0.05) is 31.3 Å². The van der Waals surface area contributed by atoms with Gasteiger partial charge in [0.05, 0.1) is 4.92 Å². The molecule has 112 valence electrons. The molecule has 1 aliphatic rings. The molecule has 0 radical (unpaired) electrons. The Labute approximate surface area is 124 Å². The molecule has 0 bridgehead atoms. The smallest absolute Gasteiger partial charge is 0.269 e. The number of nitro groups is 1. The number of likely N-dealkylation sites (tertiary alicyclic amines) is 1. The highest BCUT2D eigenvalue weighted by molar-refractivity contribution is 5.91. The van der Waals surface area contributed by atoms with E-state index in [-0.39, 0.29) is 11.6 Å². The second-order valence-corrected chi connectivity index (χ2v) is 5.87. The Bertz CT molecular complexity index is 541. The van der Waals surface area contributed by atoms with Gasteiger partial charge in [0.25, 0.3) is 5.69 Å². The van der Waals surface area contributed by atoms with E-state index in [0.29, 0.717) is 11.8 Å². The van der Waals surface area contributed by atoms with E-state index >= 15 is 0 Å². The molecule has 1 fully saturated rings. The van der Waals surface area contributed by atoms with Crippen LogP contribution in [0.3, 0.4) is 0 Å². The van der Waals surface area contributed by atoms with Crippen LogP contribution in [0, 0.1) is 22.0 Å². The summed E-state index contributed by atoms with van der Waals surface area (Å²) in [5.41, 5.74) is 0.837. The fourth-order valence-corrected chi connectivity index (χ4v) is 2.82. The van der Waals surface area contributed by atoms with Crippen LogP contribution >= 0.6 is 0 Å². The second kappa shape index (κ2) is 6.52. The normalized spacial score (nSPS) is 22.5.